The average molecular weight is 259 g/mol. The van der Waals surface area contributed by atoms with Gasteiger partial charge in [-0.15, -0.1) is 12.4 Å². The number of nitrogens with one attached hydrogen (secondary N) is 1. The lowest BCUT2D eigenvalue weighted by Gasteiger charge is -2.13. The molecule has 0 aliphatic heterocycles. The maximum Gasteiger partial charge on any atom is 0.226 e. The van der Waals surface area contributed by atoms with Crippen LogP contribution in [0.15, 0.2) is 18.2 Å². The van der Waals surface area contributed by atoms with Crippen molar-refractivity contribution in [3.63, 3.8) is 0 Å². The van der Waals surface area contributed by atoms with Crippen molar-refractivity contribution in [2.24, 2.45) is 0 Å². The molecular formula is C12H19ClN2O2. The minimum absolute atomic E-state index is 0. The van der Waals surface area contributed by atoms with Crippen LogP contribution < -0.4 is 10.1 Å². The van der Waals surface area contributed by atoms with Crippen molar-refractivity contribution in [2.45, 2.75) is 6.42 Å². The Hall–Kier alpha value is -1.42. The third-order valence-electron chi connectivity index (χ3n) is 2.41. The molecule has 0 unspecified atom stereocenters. The van der Waals surface area contributed by atoms with Gasteiger partial charge in [0.1, 0.15) is 5.75 Å². The summed E-state index contributed by atoms with van der Waals surface area (Å²) >= 11 is 0. The van der Waals surface area contributed by atoms with Gasteiger partial charge in [0.15, 0.2) is 0 Å². The van der Waals surface area contributed by atoms with Crippen molar-refractivity contribution >= 4 is 24.0 Å². The van der Waals surface area contributed by atoms with E-state index in [9.17, 15) is 4.79 Å². The zero-order chi connectivity index (χ0) is 12.1. The monoisotopic (exact) mass is 258 g/mol. The number of nitrogens with zero attached hydrogens (tertiary/aromatic N) is 1. The molecule has 0 radical (unpaired) electrons. The lowest BCUT2D eigenvalue weighted by molar-refractivity contribution is -0.127. The SMILES string of the molecule is CNc1ccc(OC)c(CC(=O)N(C)C)c1.Cl. The molecule has 1 amide bonds. The second-order valence-electron chi connectivity index (χ2n) is 3.74. The maximum absolute atomic E-state index is 11.6. The van der Waals surface area contributed by atoms with Gasteiger partial charge in [0, 0.05) is 32.4 Å². The average Bonchev–Trinajstić information content (AvgIpc) is 2.28. The quantitative estimate of drug-likeness (QED) is 0.895. The molecule has 1 aromatic carbocycles. The Kier molecular flexibility index (Phi) is 6.43. The molecule has 1 rings (SSSR count). The van der Waals surface area contributed by atoms with E-state index >= 15 is 0 Å². The van der Waals surface area contributed by atoms with Crippen molar-refractivity contribution < 1.29 is 9.53 Å². The van der Waals surface area contributed by atoms with Crippen LogP contribution in [-0.4, -0.2) is 39.1 Å². The fraction of sp³-hybridized carbons (Fsp3) is 0.417. The van der Waals surface area contributed by atoms with E-state index in [1.54, 1.807) is 26.1 Å². The fourth-order valence-corrected chi connectivity index (χ4v) is 1.39. The number of hydrogen-bond donors (Lipinski definition) is 1. The highest BCUT2D eigenvalue weighted by Gasteiger charge is 2.10. The zero-order valence-corrected chi connectivity index (χ0v) is 11.4. The normalized spacial score (nSPS) is 9.18. The lowest BCUT2D eigenvalue weighted by Crippen LogP contribution is -2.23. The molecule has 0 bridgehead atoms. The lowest BCUT2D eigenvalue weighted by atomic mass is 10.1. The van der Waals surface area contributed by atoms with E-state index in [0.29, 0.717) is 6.42 Å². The molecule has 0 heterocycles. The predicted molar refractivity (Wildman–Crippen MR) is 72.2 cm³/mol. The molecule has 0 aromatic heterocycles. The number of carbonyl (C=O) groups excluding carboxylic acids is 1. The third-order valence-corrected chi connectivity index (χ3v) is 2.41. The standard InChI is InChI=1S/C12H18N2O2.ClH/c1-13-10-5-6-11(16-4)9(7-10)8-12(15)14(2)3;/h5-7,13H,8H2,1-4H3;1H. The van der Waals surface area contributed by atoms with Gasteiger partial charge in [-0.3, -0.25) is 4.79 Å². The first-order valence-electron chi connectivity index (χ1n) is 5.13. The fourth-order valence-electron chi connectivity index (χ4n) is 1.39. The summed E-state index contributed by atoms with van der Waals surface area (Å²) in [6, 6.07) is 5.72. The van der Waals surface area contributed by atoms with Gasteiger partial charge in [-0.25, -0.2) is 0 Å². The van der Waals surface area contributed by atoms with Crippen molar-refractivity contribution in [1.82, 2.24) is 4.90 Å². The van der Waals surface area contributed by atoms with E-state index < -0.39 is 0 Å². The van der Waals surface area contributed by atoms with E-state index in [4.69, 9.17) is 4.74 Å². The van der Waals surface area contributed by atoms with Gasteiger partial charge < -0.3 is 15.0 Å². The molecule has 0 aliphatic rings. The topological polar surface area (TPSA) is 41.6 Å². The zero-order valence-electron chi connectivity index (χ0n) is 10.6. The third kappa shape index (κ3) is 4.15. The van der Waals surface area contributed by atoms with Gasteiger partial charge in [-0.1, -0.05) is 0 Å². The predicted octanol–water partition coefficient (Wildman–Crippen LogP) is 1.79. The number of methoxy groups -OCH3 is 1. The highest BCUT2D eigenvalue weighted by Crippen LogP contribution is 2.23. The minimum atomic E-state index is 0. The van der Waals surface area contributed by atoms with Gasteiger partial charge in [0.2, 0.25) is 5.91 Å². The van der Waals surface area contributed by atoms with Crippen molar-refractivity contribution in [2.75, 3.05) is 33.6 Å². The number of likely N-dealkylation sites (N-methyl/N-ethyl adjacent to an activating group) is 1. The van der Waals surface area contributed by atoms with E-state index in [1.165, 1.54) is 0 Å². The van der Waals surface area contributed by atoms with Crippen LogP contribution in [0.3, 0.4) is 0 Å². The van der Waals surface area contributed by atoms with Gasteiger partial charge in [0.25, 0.3) is 0 Å². The Labute approximate surface area is 108 Å². The smallest absolute Gasteiger partial charge is 0.226 e. The molecule has 1 aromatic rings. The molecule has 4 nitrogen and oxygen atoms in total. The molecule has 5 heteroatoms. The first-order valence-corrected chi connectivity index (χ1v) is 5.13. The Balaban J connectivity index is 0.00000256. The number of anilines is 1. The molecular weight excluding hydrogens is 240 g/mol. The second-order valence-corrected chi connectivity index (χ2v) is 3.74. The summed E-state index contributed by atoms with van der Waals surface area (Å²) < 4.78 is 5.23. The Morgan fingerprint density at radius 1 is 1.41 bits per heavy atom. The summed E-state index contributed by atoms with van der Waals surface area (Å²) in [7, 11) is 6.95. The van der Waals surface area contributed by atoms with Crippen LogP contribution in [0.1, 0.15) is 5.56 Å². The van der Waals surface area contributed by atoms with Gasteiger partial charge >= 0.3 is 0 Å². The van der Waals surface area contributed by atoms with Gasteiger partial charge in [-0.2, -0.15) is 0 Å². The van der Waals surface area contributed by atoms with Crippen molar-refractivity contribution in [3.8, 4) is 5.75 Å². The van der Waals surface area contributed by atoms with Crippen LogP contribution in [0.25, 0.3) is 0 Å². The van der Waals surface area contributed by atoms with Crippen LogP contribution in [0.4, 0.5) is 5.69 Å². The minimum Gasteiger partial charge on any atom is -0.496 e. The molecule has 0 fully saturated rings. The molecule has 0 spiro atoms. The Morgan fingerprint density at radius 3 is 2.53 bits per heavy atom. The first-order chi connectivity index (χ1) is 7.58. The largest absolute Gasteiger partial charge is 0.496 e. The van der Waals surface area contributed by atoms with Gasteiger partial charge in [-0.05, 0) is 18.2 Å². The van der Waals surface area contributed by atoms with Crippen LogP contribution in [0.5, 0.6) is 5.75 Å². The number of rotatable bonds is 4. The van der Waals surface area contributed by atoms with E-state index in [0.717, 1.165) is 17.0 Å². The summed E-state index contributed by atoms with van der Waals surface area (Å²) in [4.78, 5) is 13.2. The highest BCUT2D eigenvalue weighted by atomic mass is 35.5. The van der Waals surface area contributed by atoms with Crippen molar-refractivity contribution in [3.05, 3.63) is 23.8 Å². The Morgan fingerprint density at radius 2 is 2.06 bits per heavy atom. The summed E-state index contributed by atoms with van der Waals surface area (Å²) in [5.41, 5.74) is 1.87. The summed E-state index contributed by atoms with van der Waals surface area (Å²) in [5.74, 6) is 0.806. The van der Waals surface area contributed by atoms with Crippen LogP contribution in [-0.2, 0) is 11.2 Å². The van der Waals surface area contributed by atoms with E-state index in [2.05, 4.69) is 5.32 Å². The van der Waals surface area contributed by atoms with Crippen LogP contribution in [0.2, 0.25) is 0 Å². The van der Waals surface area contributed by atoms with Gasteiger partial charge in [0.05, 0.1) is 13.5 Å². The molecule has 96 valence electrons. The molecule has 0 saturated heterocycles. The van der Waals surface area contributed by atoms with E-state index in [-0.39, 0.29) is 18.3 Å². The summed E-state index contributed by atoms with van der Waals surface area (Å²) in [5, 5.41) is 3.04. The number of halogens is 1. The molecule has 0 saturated carbocycles. The number of benzene rings is 1. The highest BCUT2D eigenvalue weighted by molar-refractivity contribution is 5.85. The molecule has 1 N–H and O–H groups in total. The second kappa shape index (κ2) is 7.01. The van der Waals surface area contributed by atoms with E-state index in [1.807, 2.05) is 25.2 Å². The van der Waals surface area contributed by atoms with Crippen LogP contribution in [0, 0.1) is 0 Å². The molecule has 0 atom stereocenters. The first kappa shape index (κ1) is 15.6. The number of hydrogen-bond acceptors (Lipinski definition) is 3. The molecule has 0 aliphatic carbocycles. The Bertz CT molecular complexity index is 381. The number of ether oxygens (including phenoxy) is 1. The van der Waals surface area contributed by atoms with Crippen LogP contribution >= 0.6 is 12.4 Å². The maximum atomic E-state index is 11.6. The number of carbonyl (C=O) groups is 1. The van der Waals surface area contributed by atoms with Crippen molar-refractivity contribution in [1.29, 1.82) is 0 Å². The summed E-state index contributed by atoms with van der Waals surface area (Å²) in [6.45, 7) is 0. The molecule has 17 heavy (non-hydrogen) atoms. The number of amides is 1. The summed E-state index contributed by atoms with van der Waals surface area (Å²) in [6.07, 6.45) is 0.353.